The van der Waals surface area contributed by atoms with Crippen LogP contribution in [-0.2, 0) is 4.79 Å². The molecule has 0 aromatic carbocycles. The van der Waals surface area contributed by atoms with Crippen molar-refractivity contribution in [2.45, 2.75) is 6.42 Å². The fourth-order valence-corrected chi connectivity index (χ4v) is 4.30. The van der Waals surface area contributed by atoms with Crippen LogP contribution in [0.5, 0.6) is 0 Å². The van der Waals surface area contributed by atoms with Gasteiger partial charge in [-0.25, -0.2) is 15.0 Å². The zero-order valence-electron chi connectivity index (χ0n) is 10.9. The van der Waals surface area contributed by atoms with E-state index in [0.717, 1.165) is 35.4 Å². The van der Waals surface area contributed by atoms with Crippen LogP contribution in [0.4, 0.5) is 11.6 Å². The van der Waals surface area contributed by atoms with Gasteiger partial charge in [-0.2, -0.15) is 0 Å². The molecule has 8 heteroatoms. The Balaban J connectivity index is 1.67. The van der Waals surface area contributed by atoms with Crippen molar-refractivity contribution in [1.82, 2.24) is 14.9 Å². The van der Waals surface area contributed by atoms with Crippen molar-refractivity contribution in [3.63, 3.8) is 0 Å². The third-order valence-corrected chi connectivity index (χ3v) is 5.71. The topological polar surface area (TPSA) is 87.7 Å². The molecule has 3 heterocycles. The lowest BCUT2D eigenvalue weighted by Crippen LogP contribution is -2.30. The molecule has 1 unspecified atom stereocenters. The molecule has 1 atom stereocenters. The van der Waals surface area contributed by atoms with E-state index in [9.17, 15) is 4.79 Å². The van der Waals surface area contributed by atoms with E-state index in [1.165, 1.54) is 12.4 Å². The van der Waals surface area contributed by atoms with Crippen LogP contribution in [0.1, 0.15) is 6.42 Å². The minimum Gasteiger partial charge on any atom is -0.383 e. The summed E-state index contributed by atoms with van der Waals surface area (Å²) >= 11 is -0.485. The number of fused-ring (bicyclic) bond motifs is 1. The molecule has 1 saturated heterocycles. The standard InChI is InChI=1S/C12H15IN6O/c1-2-9(20)18-4-3-8(5-18)6-19-12-10(13-17-19)11(14)15-7-16-12/h2,7-8H,1,3-6H2,(H2,14,15,16). The molecule has 0 saturated carbocycles. The first-order chi connectivity index (χ1) is 9.69. The molecule has 3 rings (SSSR count). The largest absolute Gasteiger partial charge is 0.383 e. The van der Waals surface area contributed by atoms with Crippen LogP contribution in [0.15, 0.2) is 22.2 Å². The van der Waals surface area contributed by atoms with Crippen molar-refractivity contribution in [3.05, 3.63) is 22.6 Å². The Hall–Kier alpha value is -1.58. The second kappa shape index (κ2) is 5.43. The Morgan fingerprint density at radius 3 is 3.25 bits per heavy atom. The Kier molecular flexibility index (Phi) is 3.64. The zero-order chi connectivity index (χ0) is 14.1. The van der Waals surface area contributed by atoms with E-state index in [4.69, 9.17) is 5.73 Å². The highest BCUT2D eigenvalue weighted by Crippen LogP contribution is 2.36. The number of amides is 1. The molecule has 20 heavy (non-hydrogen) atoms. The molecule has 1 amide bonds. The predicted molar refractivity (Wildman–Crippen MR) is 83.8 cm³/mol. The van der Waals surface area contributed by atoms with Crippen LogP contribution in [0.2, 0.25) is 0 Å². The lowest BCUT2D eigenvalue weighted by Gasteiger charge is -2.19. The highest BCUT2D eigenvalue weighted by atomic mass is 127. The van der Waals surface area contributed by atoms with Crippen LogP contribution >= 0.6 is 21.0 Å². The van der Waals surface area contributed by atoms with Gasteiger partial charge in [0.05, 0.1) is 21.0 Å². The number of carbonyl (C=O) groups is 1. The summed E-state index contributed by atoms with van der Waals surface area (Å²) in [6, 6.07) is 0. The number of hydrogen-bond donors (Lipinski definition) is 1. The summed E-state index contributed by atoms with van der Waals surface area (Å²) in [7, 11) is 0. The Bertz CT molecular complexity index is 589. The minimum absolute atomic E-state index is 0.00487. The van der Waals surface area contributed by atoms with E-state index >= 15 is 0 Å². The van der Waals surface area contributed by atoms with Crippen LogP contribution in [0.25, 0.3) is 0 Å². The first-order valence-electron chi connectivity index (χ1n) is 6.33. The van der Waals surface area contributed by atoms with E-state index < -0.39 is 21.0 Å². The number of aromatic nitrogens is 2. The SMILES string of the molecule is C=CC(=O)N1CCC(CN2N=Ic3c(N)ncnc32)C1. The van der Waals surface area contributed by atoms with Crippen molar-refractivity contribution in [2.75, 3.05) is 30.4 Å². The Morgan fingerprint density at radius 1 is 1.60 bits per heavy atom. The van der Waals surface area contributed by atoms with Gasteiger partial charge >= 0.3 is 0 Å². The van der Waals surface area contributed by atoms with Crippen molar-refractivity contribution >= 4 is 38.6 Å². The zero-order valence-corrected chi connectivity index (χ0v) is 13.0. The van der Waals surface area contributed by atoms with Gasteiger partial charge in [0.2, 0.25) is 5.91 Å². The second-order valence-corrected chi connectivity index (χ2v) is 6.77. The summed E-state index contributed by atoms with van der Waals surface area (Å²) in [5.74, 6) is 1.81. The minimum atomic E-state index is -0.485. The third kappa shape index (κ3) is 2.39. The number of anilines is 2. The number of nitrogens with two attached hydrogens (primary N) is 1. The molecule has 106 valence electrons. The van der Waals surface area contributed by atoms with Gasteiger partial charge < -0.3 is 10.6 Å². The fourth-order valence-electron chi connectivity index (χ4n) is 2.43. The quantitative estimate of drug-likeness (QED) is 0.622. The molecule has 1 aromatic rings. The number of rotatable bonds is 3. The van der Waals surface area contributed by atoms with E-state index in [0.29, 0.717) is 11.7 Å². The highest BCUT2D eigenvalue weighted by Gasteiger charge is 2.29. The van der Waals surface area contributed by atoms with E-state index in [-0.39, 0.29) is 5.91 Å². The van der Waals surface area contributed by atoms with Gasteiger partial charge in [-0.15, -0.1) is 3.25 Å². The molecular weight excluding hydrogens is 371 g/mol. The number of nitrogen functional groups attached to an aromatic ring is 1. The van der Waals surface area contributed by atoms with Crippen molar-refractivity contribution in [1.29, 1.82) is 0 Å². The number of likely N-dealkylation sites (tertiary alicyclic amines) is 1. The van der Waals surface area contributed by atoms with Crippen molar-refractivity contribution in [3.8, 4) is 0 Å². The monoisotopic (exact) mass is 386 g/mol. The number of carbonyl (C=O) groups excluding carboxylic acids is 1. The summed E-state index contributed by atoms with van der Waals surface area (Å²) in [5.41, 5.74) is 5.85. The Morgan fingerprint density at radius 2 is 2.45 bits per heavy atom. The van der Waals surface area contributed by atoms with Crippen molar-refractivity contribution in [2.24, 2.45) is 9.17 Å². The molecule has 0 spiro atoms. The number of nitrogens with zero attached hydrogens (tertiary/aromatic N) is 5. The summed E-state index contributed by atoms with van der Waals surface area (Å²) in [6.07, 6.45) is 3.84. The van der Waals surface area contributed by atoms with Gasteiger partial charge in [0.25, 0.3) is 0 Å². The van der Waals surface area contributed by atoms with E-state index in [1.807, 2.05) is 9.91 Å². The highest BCUT2D eigenvalue weighted by molar-refractivity contribution is 14.2. The average molecular weight is 386 g/mol. The Labute approximate surface area is 127 Å². The fraction of sp³-hybridized carbons (Fsp3) is 0.417. The molecule has 1 fully saturated rings. The van der Waals surface area contributed by atoms with Gasteiger partial charge in [-0.05, 0) is 18.4 Å². The third-order valence-electron chi connectivity index (χ3n) is 3.46. The second-order valence-electron chi connectivity index (χ2n) is 4.78. The maximum absolute atomic E-state index is 11.6. The van der Waals surface area contributed by atoms with Gasteiger partial charge in [-0.1, -0.05) is 6.58 Å². The van der Waals surface area contributed by atoms with Gasteiger partial charge in [0.1, 0.15) is 15.7 Å². The van der Waals surface area contributed by atoms with Gasteiger partial charge in [0.15, 0.2) is 5.82 Å². The molecule has 0 bridgehead atoms. The maximum Gasteiger partial charge on any atom is 0.245 e. The summed E-state index contributed by atoms with van der Waals surface area (Å²) < 4.78 is 5.56. The molecule has 2 N–H and O–H groups in total. The van der Waals surface area contributed by atoms with E-state index in [1.54, 1.807) is 0 Å². The molecule has 0 aliphatic carbocycles. The summed E-state index contributed by atoms with van der Waals surface area (Å²) in [4.78, 5) is 21.7. The maximum atomic E-state index is 11.6. The normalized spacial score (nSPS) is 20.7. The molecule has 2 aliphatic rings. The first-order valence-corrected chi connectivity index (χ1v) is 8.38. The van der Waals surface area contributed by atoms with Crippen molar-refractivity contribution < 1.29 is 4.79 Å². The van der Waals surface area contributed by atoms with Crippen LogP contribution < -0.4 is 10.7 Å². The average Bonchev–Trinajstić information content (AvgIpc) is 3.07. The van der Waals surface area contributed by atoms with Crippen LogP contribution in [0.3, 0.4) is 0 Å². The predicted octanol–water partition coefficient (Wildman–Crippen LogP) is 1.15. The lowest BCUT2D eigenvalue weighted by molar-refractivity contribution is -0.125. The molecule has 0 radical (unpaired) electrons. The molecular formula is C12H15IN6O. The molecule has 7 nitrogen and oxygen atoms in total. The summed E-state index contributed by atoms with van der Waals surface area (Å²) in [6.45, 7) is 5.85. The number of halogens is 1. The summed E-state index contributed by atoms with van der Waals surface area (Å²) in [5, 5.41) is 1.94. The van der Waals surface area contributed by atoms with Crippen LogP contribution in [0, 0.1) is 9.49 Å². The van der Waals surface area contributed by atoms with Gasteiger partial charge in [-0.3, -0.25) is 4.79 Å². The van der Waals surface area contributed by atoms with Crippen LogP contribution in [-0.4, -0.2) is 40.4 Å². The first kappa shape index (κ1) is 13.4. The van der Waals surface area contributed by atoms with E-state index in [2.05, 4.69) is 19.8 Å². The smallest absolute Gasteiger partial charge is 0.245 e. The van der Waals surface area contributed by atoms with Gasteiger partial charge in [0, 0.05) is 19.6 Å². The molecule has 2 aliphatic heterocycles. The molecule has 1 aromatic heterocycles. The number of hydrogen-bond acceptors (Lipinski definition) is 6. The lowest BCUT2D eigenvalue weighted by atomic mass is 10.1.